The molecule has 2 amide bonds. The fraction of sp³-hybridized carbons (Fsp3) is 0. The van der Waals surface area contributed by atoms with Gasteiger partial charge in [0, 0.05) is 17.4 Å². The lowest BCUT2D eigenvalue weighted by Gasteiger charge is -2.15. The maximum absolute atomic E-state index is 12.5. The van der Waals surface area contributed by atoms with Gasteiger partial charge in [-0.05, 0) is 64.6 Å². The van der Waals surface area contributed by atoms with Crippen LogP contribution in [0.2, 0.25) is 0 Å². The van der Waals surface area contributed by atoms with Crippen molar-refractivity contribution in [3.63, 3.8) is 0 Å². The molecule has 0 aliphatic rings. The predicted octanol–water partition coefficient (Wildman–Crippen LogP) is -0.418. The number of nitrogens with one attached hydrogen (secondary N) is 4. The van der Waals surface area contributed by atoms with E-state index in [4.69, 9.17) is 22.9 Å². The summed E-state index contributed by atoms with van der Waals surface area (Å²) < 4.78 is 72.9. The smallest absolute Gasteiger partial charge is 0.368 e. The largest absolute Gasteiger partial charge is 0.444 e. The van der Waals surface area contributed by atoms with Crippen LogP contribution in [0.25, 0.3) is 5.95 Å². The highest BCUT2D eigenvalue weighted by atomic mass is 32.2. The summed E-state index contributed by atoms with van der Waals surface area (Å²) in [5.41, 5.74) is 25.0. The molecule has 26 heteroatoms. The topological polar surface area (TPSA) is 380 Å². The first-order chi connectivity index (χ1) is 26.4. The Morgan fingerprint density at radius 3 is 1.73 bits per heavy atom. The quantitative estimate of drug-likeness (QED) is 0.0523. The van der Waals surface area contributed by atoms with E-state index < -0.39 is 41.8 Å². The number of benzene rings is 2. The molecule has 6 aromatic rings. The molecule has 6 rings (SSSR count). The Morgan fingerprint density at radius 2 is 1.12 bits per heavy atom. The second kappa shape index (κ2) is 15.0. The van der Waals surface area contributed by atoms with Crippen LogP contribution in [-0.4, -0.2) is 67.7 Å². The average Bonchev–Trinajstić information content (AvgIpc) is 3.11. The third-order valence-corrected chi connectivity index (χ3v) is 9.01. The van der Waals surface area contributed by atoms with Crippen molar-refractivity contribution in [3.8, 4) is 5.95 Å². The number of aromatic nitrogens is 8. The number of anilines is 9. The van der Waals surface area contributed by atoms with Crippen LogP contribution in [0, 0.1) is 0 Å². The van der Waals surface area contributed by atoms with Gasteiger partial charge in [-0.15, -0.1) is 10.4 Å². The minimum absolute atomic E-state index is 0.0526. The first-order valence-corrected chi connectivity index (χ1v) is 18.3. The Morgan fingerprint density at radius 1 is 0.607 bits per heavy atom. The van der Waals surface area contributed by atoms with Crippen LogP contribution in [0.4, 0.5) is 52.5 Å². The molecule has 0 spiro atoms. The third kappa shape index (κ3) is 9.09. The number of hydrogen-bond donors (Lipinski definition) is 10. The molecular weight excluding hydrogens is 777 g/mol. The molecular formula is C30H28N16O8S2+2. The van der Waals surface area contributed by atoms with Gasteiger partial charge < -0.3 is 38.9 Å². The molecule has 14 N–H and O–H groups in total. The van der Waals surface area contributed by atoms with Crippen molar-refractivity contribution in [2.75, 3.05) is 32.8 Å². The van der Waals surface area contributed by atoms with Crippen LogP contribution >= 0.6 is 0 Å². The van der Waals surface area contributed by atoms with Gasteiger partial charge in [-0.3, -0.25) is 18.7 Å². The summed E-state index contributed by atoms with van der Waals surface area (Å²) in [7, 11) is -9.90. The lowest BCUT2D eigenvalue weighted by atomic mass is 10.2. The minimum atomic E-state index is -4.96. The zero-order chi connectivity index (χ0) is 40.4. The molecule has 56 heavy (non-hydrogen) atoms. The Labute approximate surface area is 315 Å². The van der Waals surface area contributed by atoms with E-state index in [9.17, 15) is 35.5 Å². The Bertz CT molecular complexity index is 2770. The van der Waals surface area contributed by atoms with E-state index in [1.165, 1.54) is 82.6 Å². The number of primary amides is 2. The van der Waals surface area contributed by atoms with E-state index in [0.717, 1.165) is 12.1 Å². The number of carbonyl (C=O) groups excluding carboxylic acids is 2. The van der Waals surface area contributed by atoms with Gasteiger partial charge in [0.2, 0.25) is 18.1 Å². The van der Waals surface area contributed by atoms with Gasteiger partial charge in [0.15, 0.2) is 6.20 Å². The van der Waals surface area contributed by atoms with Crippen LogP contribution in [0.3, 0.4) is 0 Å². The average molecular weight is 805 g/mol. The number of nitrogens with two attached hydrogens (primary N) is 4. The number of nitrogen functional groups attached to an aromatic ring is 2. The number of hydrogen-bond acceptors (Lipinski definition) is 18. The predicted molar refractivity (Wildman–Crippen MR) is 195 cm³/mol. The van der Waals surface area contributed by atoms with Crippen molar-refractivity contribution in [2.24, 2.45) is 11.5 Å². The Balaban J connectivity index is 1.26. The Kier molecular flexibility index (Phi) is 10.2. The van der Waals surface area contributed by atoms with E-state index in [2.05, 4.69) is 51.3 Å². The fourth-order valence-electron chi connectivity index (χ4n) is 4.84. The monoisotopic (exact) mass is 804 g/mol. The van der Waals surface area contributed by atoms with Crippen LogP contribution in [0.1, 0.15) is 20.7 Å². The van der Waals surface area contributed by atoms with Gasteiger partial charge in [-0.2, -0.15) is 31.8 Å². The van der Waals surface area contributed by atoms with Crippen LogP contribution in [0.15, 0.2) is 95.2 Å². The molecule has 0 fully saturated rings. The molecule has 0 bridgehead atoms. The van der Waals surface area contributed by atoms with Crippen LogP contribution < -0.4 is 53.6 Å². The molecule has 0 saturated carbocycles. The number of nitrogens with zero attached hydrogens (tertiary/aromatic N) is 8. The molecule has 0 aliphatic heterocycles. The summed E-state index contributed by atoms with van der Waals surface area (Å²) in [4.78, 5) is 46.1. The lowest BCUT2D eigenvalue weighted by Crippen LogP contribution is -2.43. The molecule has 0 unspecified atom stereocenters. The number of amides is 2. The number of pyridine rings is 2. The van der Waals surface area contributed by atoms with Gasteiger partial charge >= 0.3 is 17.8 Å². The summed E-state index contributed by atoms with van der Waals surface area (Å²) >= 11 is 0. The van der Waals surface area contributed by atoms with E-state index in [1.807, 2.05) is 0 Å². The van der Waals surface area contributed by atoms with Crippen LogP contribution in [0.5, 0.6) is 0 Å². The van der Waals surface area contributed by atoms with E-state index in [-0.39, 0.29) is 69.6 Å². The summed E-state index contributed by atoms with van der Waals surface area (Å²) in [6, 6.07) is 13.1. The molecule has 0 atom stereocenters. The summed E-state index contributed by atoms with van der Waals surface area (Å²) in [6.45, 7) is 0. The molecule has 286 valence electrons. The number of carbonyl (C=O) groups is 2. The van der Waals surface area contributed by atoms with Crippen molar-refractivity contribution < 1.29 is 44.8 Å². The van der Waals surface area contributed by atoms with E-state index >= 15 is 0 Å². The highest BCUT2D eigenvalue weighted by Crippen LogP contribution is 2.32. The van der Waals surface area contributed by atoms with E-state index in [0.29, 0.717) is 0 Å². The van der Waals surface area contributed by atoms with Gasteiger partial charge in [0.05, 0.1) is 29.3 Å². The van der Waals surface area contributed by atoms with Gasteiger partial charge in [-0.25, -0.2) is 4.57 Å². The van der Waals surface area contributed by atoms with Crippen molar-refractivity contribution in [1.29, 1.82) is 0 Å². The van der Waals surface area contributed by atoms with Crippen molar-refractivity contribution in [3.05, 3.63) is 96.6 Å². The normalized spacial score (nSPS) is 11.4. The minimum Gasteiger partial charge on any atom is -0.368 e. The first kappa shape index (κ1) is 38.1. The molecule has 0 saturated heterocycles. The van der Waals surface area contributed by atoms with Gasteiger partial charge in [0.25, 0.3) is 38.0 Å². The zero-order valence-electron chi connectivity index (χ0n) is 28.1. The van der Waals surface area contributed by atoms with Gasteiger partial charge in [0.1, 0.15) is 15.4 Å². The Hall–Kier alpha value is -7.68. The summed E-state index contributed by atoms with van der Waals surface area (Å²) in [5, 5.41) is 8.10. The fourth-order valence-corrected chi connectivity index (χ4v) is 6.19. The maximum atomic E-state index is 12.5. The zero-order valence-corrected chi connectivity index (χ0v) is 29.8. The molecule has 4 aromatic heterocycles. The summed E-state index contributed by atoms with van der Waals surface area (Å²) in [5.74, 6) is -2.51. The highest BCUT2D eigenvalue weighted by Gasteiger charge is 2.23. The molecule has 0 radical (unpaired) electrons. The maximum Gasteiger partial charge on any atom is 0.444 e. The summed E-state index contributed by atoms with van der Waals surface area (Å²) in [6.07, 6.45) is 5.73. The second-order valence-corrected chi connectivity index (χ2v) is 14.0. The SMILES string of the molecule is NC(=O)c1ccc[n+](Nc2nc(N)nc(Nc3ccc(Nc4ccc(Nc5nc(N)nc(-[n+]6cccc(C(N)=O)c6)n5)c(S(=O)(=O)O)c4)c(S(=O)(=O)O)c3)n2)c1. The number of rotatable bonds is 13. The highest BCUT2D eigenvalue weighted by molar-refractivity contribution is 7.86. The molecule has 24 nitrogen and oxygen atoms in total. The van der Waals surface area contributed by atoms with E-state index in [1.54, 1.807) is 0 Å². The molecule has 4 heterocycles. The third-order valence-electron chi connectivity index (χ3n) is 7.22. The van der Waals surface area contributed by atoms with Crippen molar-refractivity contribution >= 4 is 84.5 Å². The van der Waals surface area contributed by atoms with Crippen LogP contribution in [-0.2, 0) is 20.2 Å². The molecule has 2 aromatic carbocycles. The van der Waals surface area contributed by atoms with Crippen molar-refractivity contribution in [1.82, 2.24) is 29.9 Å². The second-order valence-electron chi connectivity index (χ2n) is 11.2. The lowest BCUT2D eigenvalue weighted by molar-refractivity contribution is -0.643. The van der Waals surface area contributed by atoms with Crippen molar-refractivity contribution in [2.45, 2.75) is 9.79 Å². The first-order valence-electron chi connectivity index (χ1n) is 15.4. The van der Waals surface area contributed by atoms with Gasteiger partial charge in [-0.1, -0.05) is 4.68 Å². The molecule has 0 aliphatic carbocycles. The standard InChI is InChI=1S/C30H26N16O8S2/c31-23(47)15-3-1-9-45(13-15)30-41-26(34)39-28(43-30)37-20-8-5-17(11-22(20)56(52,53)54)35-19-7-6-18(12-21(19)55(49,50)51)36-27-38-25(33)40-29(42-27)44-46-10-2-4-16(14-46)24(32)48/h1-14,35H,(H11-2,31,32,33,34,36,37,38,39,40,41,42,43,44,47,48,49,50,51,52,53,54)/p+2.